The summed E-state index contributed by atoms with van der Waals surface area (Å²) in [5.74, 6) is 0.324. The Morgan fingerprint density at radius 3 is 2.76 bits per heavy atom. The predicted octanol–water partition coefficient (Wildman–Crippen LogP) is 7.07. The fourth-order valence-electron chi connectivity index (χ4n) is 4.25. The molecular formula is C27H22Cl2N2O4S3. The van der Waals surface area contributed by atoms with E-state index >= 15 is 0 Å². The lowest BCUT2D eigenvalue weighted by molar-refractivity contribution is -0.123. The number of fused-ring (bicyclic) bond motifs is 1. The summed E-state index contributed by atoms with van der Waals surface area (Å²) in [5, 5.41) is 4.08. The van der Waals surface area contributed by atoms with E-state index in [1.165, 1.54) is 4.88 Å². The second-order valence-corrected chi connectivity index (χ2v) is 12.1. The number of nitrogens with one attached hydrogen (secondary N) is 1. The van der Waals surface area contributed by atoms with Gasteiger partial charge in [0, 0.05) is 25.9 Å². The topological polar surface area (TPSA) is 67.9 Å². The zero-order chi connectivity index (χ0) is 26.8. The van der Waals surface area contributed by atoms with Gasteiger partial charge < -0.3 is 9.47 Å². The highest BCUT2D eigenvalue weighted by atomic mass is 35.5. The van der Waals surface area contributed by atoms with Crippen molar-refractivity contribution in [2.45, 2.75) is 32.3 Å². The number of rotatable bonds is 7. The van der Waals surface area contributed by atoms with Crippen LogP contribution in [-0.4, -0.2) is 28.3 Å². The second-order valence-electron chi connectivity index (χ2n) is 8.65. The van der Waals surface area contributed by atoms with Crippen LogP contribution in [0.1, 0.15) is 44.8 Å². The maximum Gasteiger partial charge on any atom is 0.285 e. The molecule has 0 unspecified atom stereocenters. The van der Waals surface area contributed by atoms with Crippen LogP contribution in [0.15, 0.2) is 46.7 Å². The molecule has 2 aliphatic rings. The molecule has 1 N–H and O–H groups in total. The van der Waals surface area contributed by atoms with E-state index in [1.54, 1.807) is 54.9 Å². The molecular weight excluding hydrogens is 583 g/mol. The molecule has 5 rings (SSSR count). The number of carbonyl (C=O) groups excluding carboxylic acids is 2. The number of hydrazine groups is 1. The van der Waals surface area contributed by atoms with Gasteiger partial charge in [-0.05, 0) is 79.4 Å². The van der Waals surface area contributed by atoms with Crippen LogP contribution in [0.2, 0.25) is 10.0 Å². The maximum absolute atomic E-state index is 13.1. The van der Waals surface area contributed by atoms with E-state index in [9.17, 15) is 9.59 Å². The molecule has 3 aromatic rings. The first kappa shape index (κ1) is 27.0. The Bertz CT molecular complexity index is 1470. The first-order valence-corrected chi connectivity index (χ1v) is 14.6. The van der Waals surface area contributed by atoms with E-state index in [1.807, 2.05) is 11.4 Å². The van der Waals surface area contributed by atoms with Crippen LogP contribution in [0.3, 0.4) is 0 Å². The normalized spacial score (nSPS) is 16.1. The van der Waals surface area contributed by atoms with Gasteiger partial charge in [0.1, 0.15) is 6.61 Å². The SMILES string of the molecule is COc1cc(/C=C2/SC(=S)N(NC(=O)c3csc4c3CCCC4)C2=O)ccc1OCc1ccc(Cl)cc1Cl. The highest BCUT2D eigenvalue weighted by molar-refractivity contribution is 8.26. The third kappa shape index (κ3) is 5.72. The molecule has 2 heterocycles. The van der Waals surface area contributed by atoms with Crippen molar-refractivity contribution in [1.82, 2.24) is 10.4 Å². The lowest BCUT2D eigenvalue weighted by atomic mass is 9.96. The average Bonchev–Trinajstić information content (AvgIpc) is 3.45. The van der Waals surface area contributed by atoms with Crippen molar-refractivity contribution in [3.8, 4) is 11.5 Å². The molecule has 0 bridgehead atoms. The third-order valence-corrected chi connectivity index (χ3v) is 9.17. The number of halogens is 2. The molecule has 196 valence electrons. The van der Waals surface area contributed by atoms with Crippen molar-refractivity contribution in [2.75, 3.05) is 7.11 Å². The number of thiophene rings is 1. The fraction of sp³-hybridized carbons (Fsp3) is 0.222. The molecule has 1 fully saturated rings. The number of carbonyl (C=O) groups is 2. The van der Waals surface area contributed by atoms with Crippen LogP contribution in [0.5, 0.6) is 11.5 Å². The number of thiocarbonyl (C=S) groups is 1. The lowest BCUT2D eigenvalue weighted by Gasteiger charge is -2.17. The summed E-state index contributed by atoms with van der Waals surface area (Å²) in [6.45, 7) is 0.234. The molecule has 38 heavy (non-hydrogen) atoms. The first-order chi connectivity index (χ1) is 18.3. The van der Waals surface area contributed by atoms with Gasteiger partial charge in [-0.25, -0.2) is 0 Å². The Hall–Kier alpha value is -2.56. The number of hydrogen-bond donors (Lipinski definition) is 1. The molecule has 0 saturated carbocycles. The zero-order valence-corrected chi connectivity index (χ0v) is 24.2. The standard InChI is InChI=1S/C27H22Cl2N2O4S3/c1-34-22-10-15(6-9-21(22)35-13-16-7-8-17(28)12-20(16)29)11-24-26(33)31(27(36)38-24)30-25(32)19-14-37-23-5-3-2-4-18(19)23/h6-12,14H,2-5,13H2,1H3,(H,30,32)/b24-11+. The summed E-state index contributed by atoms with van der Waals surface area (Å²) < 4.78 is 11.7. The van der Waals surface area contributed by atoms with Crippen molar-refractivity contribution in [3.05, 3.63) is 83.9 Å². The number of amides is 2. The summed E-state index contributed by atoms with van der Waals surface area (Å²) in [7, 11) is 1.54. The molecule has 1 aliphatic carbocycles. The molecule has 0 spiro atoms. The van der Waals surface area contributed by atoms with Crippen LogP contribution in [0, 0.1) is 0 Å². The molecule has 1 aliphatic heterocycles. The minimum Gasteiger partial charge on any atom is -0.493 e. The highest BCUT2D eigenvalue weighted by Crippen LogP contribution is 2.35. The predicted molar refractivity (Wildman–Crippen MR) is 157 cm³/mol. The Morgan fingerprint density at radius 1 is 1.16 bits per heavy atom. The molecule has 2 amide bonds. The van der Waals surface area contributed by atoms with E-state index < -0.39 is 0 Å². The van der Waals surface area contributed by atoms with Gasteiger partial charge in [-0.15, -0.1) is 11.3 Å². The summed E-state index contributed by atoms with van der Waals surface area (Å²) in [6, 6.07) is 10.6. The van der Waals surface area contributed by atoms with Crippen LogP contribution in [-0.2, 0) is 24.2 Å². The van der Waals surface area contributed by atoms with Gasteiger partial charge in [-0.1, -0.05) is 47.1 Å². The number of ether oxygens (including phenoxy) is 2. The van der Waals surface area contributed by atoms with Crippen molar-refractivity contribution < 1.29 is 19.1 Å². The summed E-state index contributed by atoms with van der Waals surface area (Å²) in [5.41, 5.74) is 5.93. The fourth-order valence-corrected chi connectivity index (χ4v) is 7.02. The van der Waals surface area contributed by atoms with Crippen LogP contribution >= 0.6 is 58.5 Å². The van der Waals surface area contributed by atoms with Gasteiger partial charge in [-0.2, -0.15) is 5.01 Å². The Morgan fingerprint density at radius 2 is 1.97 bits per heavy atom. The summed E-state index contributed by atoms with van der Waals surface area (Å²) >= 11 is 20.3. The van der Waals surface area contributed by atoms with Gasteiger partial charge in [0.2, 0.25) is 0 Å². The van der Waals surface area contributed by atoms with Crippen LogP contribution in [0.25, 0.3) is 6.08 Å². The van der Waals surface area contributed by atoms with Gasteiger partial charge in [0.15, 0.2) is 15.8 Å². The number of aryl methyl sites for hydroxylation is 1. The van der Waals surface area contributed by atoms with E-state index in [0.29, 0.717) is 32.0 Å². The van der Waals surface area contributed by atoms with Crippen LogP contribution in [0.4, 0.5) is 0 Å². The minimum absolute atomic E-state index is 0.234. The van der Waals surface area contributed by atoms with Gasteiger partial charge in [0.05, 0.1) is 17.6 Å². The van der Waals surface area contributed by atoms with Crippen LogP contribution < -0.4 is 14.9 Å². The highest BCUT2D eigenvalue weighted by Gasteiger charge is 2.34. The van der Waals surface area contributed by atoms with E-state index in [4.69, 9.17) is 44.9 Å². The second kappa shape index (κ2) is 11.7. The van der Waals surface area contributed by atoms with E-state index in [0.717, 1.165) is 59.1 Å². The molecule has 2 aromatic carbocycles. The Labute approximate surface area is 243 Å². The lowest BCUT2D eigenvalue weighted by Crippen LogP contribution is -2.45. The Balaban J connectivity index is 1.28. The van der Waals surface area contributed by atoms with Crippen molar-refractivity contribution >= 4 is 80.7 Å². The van der Waals surface area contributed by atoms with Gasteiger partial charge in [-0.3, -0.25) is 15.0 Å². The molecule has 0 radical (unpaired) electrons. The first-order valence-electron chi connectivity index (χ1n) is 11.8. The smallest absolute Gasteiger partial charge is 0.285 e. The molecule has 6 nitrogen and oxygen atoms in total. The molecule has 0 atom stereocenters. The largest absolute Gasteiger partial charge is 0.493 e. The number of methoxy groups -OCH3 is 1. The Kier molecular flexibility index (Phi) is 8.30. The quantitative estimate of drug-likeness (QED) is 0.230. The number of benzene rings is 2. The average molecular weight is 606 g/mol. The van der Waals surface area contributed by atoms with Gasteiger partial charge >= 0.3 is 0 Å². The monoisotopic (exact) mass is 604 g/mol. The third-order valence-electron chi connectivity index (χ3n) is 6.20. The molecule has 1 saturated heterocycles. The molecule has 11 heteroatoms. The van der Waals surface area contributed by atoms with E-state index in [-0.39, 0.29) is 22.7 Å². The molecule has 1 aromatic heterocycles. The van der Waals surface area contributed by atoms with Gasteiger partial charge in [0.25, 0.3) is 11.8 Å². The van der Waals surface area contributed by atoms with E-state index in [2.05, 4.69) is 5.43 Å². The number of thioether (sulfide) groups is 1. The minimum atomic E-state index is -0.380. The summed E-state index contributed by atoms with van der Waals surface area (Å²) in [4.78, 5) is 27.7. The number of nitrogens with zero attached hydrogens (tertiary/aromatic N) is 1. The summed E-state index contributed by atoms with van der Waals surface area (Å²) in [6.07, 6.45) is 5.80. The van der Waals surface area contributed by atoms with Crippen molar-refractivity contribution in [1.29, 1.82) is 0 Å². The zero-order valence-electron chi connectivity index (χ0n) is 20.2. The number of hydrogen-bond acceptors (Lipinski definition) is 7. The maximum atomic E-state index is 13.1. The van der Waals surface area contributed by atoms with Crippen molar-refractivity contribution in [2.24, 2.45) is 0 Å². The van der Waals surface area contributed by atoms with Crippen molar-refractivity contribution in [3.63, 3.8) is 0 Å².